The van der Waals surface area contributed by atoms with Crippen molar-refractivity contribution >= 4 is 16.9 Å². The molecule has 142 valence electrons. The van der Waals surface area contributed by atoms with E-state index >= 15 is 0 Å². The van der Waals surface area contributed by atoms with E-state index < -0.39 is 0 Å². The lowest BCUT2D eigenvalue weighted by Gasteiger charge is -2.35. The molecule has 0 aliphatic heterocycles. The first-order chi connectivity index (χ1) is 13.0. The number of rotatable bonds is 7. The van der Waals surface area contributed by atoms with Crippen LogP contribution < -0.4 is 11.5 Å². The highest BCUT2D eigenvalue weighted by molar-refractivity contribution is 5.80. The van der Waals surface area contributed by atoms with E-state index in [1.165, 1.54) is 0 Å². The molecular weight excluding hydrogens is 340 g/mol. The van der Waals surface area contributed by atoms with Crippen molar-refractivity contribution < 1.29 is 4.74 Å². The predicted octanol–water partition coefficient (Wildman–Crippen LogP) is 2.74. The Labute approximate surface area is 159 Å². The number of aliphatic imine (C=N–C) groups is 1. The molecule has 1 aromatic carbocycles. The standard InChI is InChI=1S/C20H26N6O/c1-3-17(10-16(12-27-2)25-19(22)23)26-18-9-15(6-5-14(18)11-24-26)20(13-21)7-4-8-20/h5-6,9-11,17H,3-4,7-8,12H2,1-2H3,(H4,22,23,25)/b16-10-. The SMILES string of the molecule is CCC(/C=C(/COC)N=C(N)N)n1ncc2ccc(C3(C#N)CCC3)cc21. The lowest BCUT2D eigenvalue weighted by Crippen LogP contribution is -2.32. The van der Waals surface area contributed by atoms with Crippen LogP contribution in [-0.2, 0) is 10.2 Å². The Morgan fingerprint density at radius 2 is 2.26 bits per heavy atom. The molecule has 0 saturated heterocycles. The summed E-state index contributed by atoms with van der Waals surface area (Å²) < 4.78 is 7.18. The maximum Gasteiger partial charge on any atom is 0.190 e. The van der Waals surface area contributed by atoms with E-state index in [0.29, 0.717) is 12.3 Å². The van der Waals surface area contributed by atoms with E-state index in [1.807, 2.05) is 23.0 Å². The number of nitrogens with zero attached hydrogens (tertiary/aromatic N) is 4. The van der Waals surface area contributed by atoms with Crippen LogP contribution in [0.2, 0.25) is 0 Å². The van der Waals surface area contributed by atoms with E-state index in [2.05, 4.69) is 35.2 Å². The summed E-state index contributed by atoms with van der Waals surface area (Å²) in [6.45, 7) is 2.40. The average Bonchev–Trinajstić information content (AvgIpc) is 3.02. The summed E-state index contributed by atoms with van der Waals surface area (Å²) in [6, 6.07) is 8.71. The fourth-order valence-corrected chi connectivity index (χ4v) is 3.61. The topological polar surface area (TPSA) is 115 Å². The maximum atomic E-state index is 9.66. The summed E-state index contributed by atoms with van der Waals surface area (Å²) in [5.41, 5.74) is 13.5. The quantitative estimate of drug-likeness (QED) is 0.577. The highest BCUT2D eigenvalue weighted by atomic mass is 16.5. The number of ether oxygens (including phenoxy) is 1. The van der Waals surface area contributed by atoms with Crippen molar-refractivity contribution in [3.63, 3.8) is 0 Å². The molecule has 1 aliphatic rings. The van der Waals surface area contributed by atoms with Gasteiger partial charge in [-0.25, -0.2) is 4.99 Å². The fourth-order valence-electron chi connectivity index (χ4n) is 3.61. The molecule has 1 fully saturated rings. The number of fused-ring (bicyclic) bond motifs is 1. The van der Waals surface area contributed by atoms with Crippen LogP contribution in [0.3, 0.4) is 0 Å². The second-order valence-corrected chi connectivity index (χ2v) is 7.01. The molecule has 7 nitrogen and oxygen atoms in total. The molecule has 2 aromatic rings. The van der Waals surface area contributed by atoms with Crippen LogP contribution >= 0.6 is 0 Å². The van der Waals surface area contributed by atoms with Gasteiger partial charge in [-0.15, -0.1) is 0 Å². The van der Waals surface area contributed by atoms with Crippen molar-refractivity contribution in [3.8, 4) is 6.07 Å². The number of allylic oxidation sites excluding steroid dienone is 1. The van der Waals surface area contributed by atoms with Gasteiger partial charge in [-0.05, 0) is 43.4 Å². The van der Waals surface area contributed by atoms with Crippen LogP contribution in [-0.4, -0.2) is 29.5 Å². The molecule has 1 heterocycles. The predicted molar refractivity (Wildman–Crippen MR) is 106 cm³/mol. The summed E-state index contributed by atoms with van der Waals surface area (Å²) in [5.74, 6) is 0.00158. The van der Waals surface area contributed by atoms with Gasteiger partial charge in [0.15, 0.2) is 5.96 Å². The molecule has 0 bridgehead atoms. The van der Waals surface area contributed by atoms with E-state index in [4.69, 9.17) is 16.2 Å². The minimum Gasteiger partial charge on any atom is -0.378 e. The average molecular weight is 366 g/mol. The Balaban J connectivity index is 2.04. The van der Waals surface area contributed by atoms with Gasteiger partial charge in [0.2, 0.25) is 0 Å². The number of benzene rings is 1. The van der Waals surface area contributed by atoms with Gasteiger partial charge in [0.1, 0.15) is 0 Å². The van der Waals surface area contributed by atoms with Gasteiger partial charge >= 0.3 is 0 Å². The van der Waals surface area contributed by atoms with Crippen molar-refractivity contribution in [2.24, 2.45) is 16.5 Å². The normalized spacial score (nSPS) is 17.1. The summed E-state index contributed by atoms with van der Waals surface area (Å²) in [4.78, 5) is 4.16. The minimum absolute atomic E-state index is 0.00158. The summed E-state index contributed by atoms with van der Waals surface area (Å²) in [7, 11) is 1.60. The Bertz CT molecular complexity index is 912. The van der Waals surface area contributed by atoms with Gasteiger partial charge in [0, 0.05) is 12.5 Å². The Hall–Kier alpha value is -2.85. The molecule has 27 heavy (non-hydrogen) atoms. The van der Waals surface area contributed by atoms with Crippen LogP contribution in [0.1, 0.15) is 44.2 Å². The third-order valence-corrected chi connectivity index (χ3v) is 5.25. The number of aromatic nitrogens is 2. The first kappa shape index (κ1) is 18.9. The molecule has 1 aromatic heterocycles. The Morgan fingerprint density at radius 1 is 1.48 bits per heavy atom. The van der Waals surface area contributed by atoms with E-state index in [9.17, 15) is 5.26 Å². The first-order valence-corrected chi connectivity index (χ1v) is 9.21. The lowest BCUT2D eigenvalue weighted by molar-refractivity contribution is 0.224. The van der Waals surface area contributed by atoms with Crippen LogP contribution in [0.5, 0.6) is 0 Å². The van der Waals surface area contributed by atoms with Crippen molar-refractivity contribution in [2.75, 3.05) is 13.7 Å². The van der Waals surface area contributed by atoms with Crippen LogP contribution in [0.15, 0.2) is 41.2 Å². The van der Waals surface area contributed by atoms with Crippen LogP contribution in [0.4, 0.5) is 0 Å². The van der Waals surface area contributed by atoms with Gasteiger partial charge in [-0.3, -0.25) is 4.68 Å². The first-order valence-electron chi connectivity index (χ1n) is 9.21. The molecule has 0 amide bonds. The fraction of sp³-hybridized carbons (Fsp3) is 0.450. The molecule has 1 unspecified atom stereocenters. The number of nitrogens with two attached hydrogens (primary N) is 2. The van der Waals surface area contributed by atoms with Crippen molar-refractivity contribution in [1.82, 2.24) is 9.78 Å². The zero-order valence-corrected chi connectivity index (χ0v) is 15.9. The van der Waals surface area contributed by atoms with Crippen LogP contribution in [0.25, 0.3) is 10.9 Å². The third kappa shape index (κ3) is 3.67. The molecule has 0 radical (unpaired) electrons. The van der Waals surface area contributed by atoms with Gasteiger partial charge in [-0.1, -0.05) is 19.1 Å². The van der Waals surface area contributed by atoms with Gasteiger partial charge in [0.05, 0.1) is 41.5 Å². The van der Waals surface area contributed by atoms with E-state index in [1.54, 1.807) is 7.11 Å². The molecule has 7 heteroatoms. The molecule has 1 aliphatic carbocycles. The van der Waals surface area contributed by atoms with Gasteiger partial charge < -0.3 is 16.2 Å². The second kappa shape index (κ2) is 7.80. The Morgan fingerprint density at radius 3 is 2.81 bits per heavy atom. The second-order valence-electron chi connectivity index (χ2n) is 7.01. The van der Waals surface area contributed by atoms with Gasteiger partial charge in [-0.2, -0.15) is 10.4 Å². The minimum atomic E-state index is -0.347. The summed E-state index contributed by atoms with van der Waals surface area (Å²) in [5, 5.41) is 15.3. The number of hydrogen-bond donors (Lipinski definition) is 2. The molecule has 1 atom stereocenters. The van der Waals surface area contributed by atoms with Gasteiger partial charge in [0.25, 0.3) is 0 Å². The smallest absolute Gasteiger partial charge is 0.190 e. The number of guanidine groups is 1. The molecule has 3 rings (SSSR count). The van der Waals surface area contributed by atoms with E-state index in [0.717, 1.165) is 42.1 Å². The highest BCUT2D eigenvalue weighted by Gasteiger charge is 2.39. The zero-order valence-electron chi connectivity index (χ0n) is 15.9. The van der Waals surface area contributed by atoms with Crippen LogP contribution in [0, 0.1) is 11.3 Å². The summed E-state index contributed by atoms with van der Waals surface area (Å²) in [6.07, 6.45) is 7.59. The lowest BCUT2D eigenvalue weighted by atomic mass is 9.65. The monoisotopic (exact) mass is 366 g/mol. The molecular formula is C20H26N6O. The molecule has 4 N–H and O–H groups in total. The zero-order chi connectivity index (χ0) is 19.4. The maximum absolute atomic E-state index is 9.66. The third-order valence-electron chi connectivity index (χ3n) is 5.25. The highest BCUT2D eigenvalue weighted by Crippen LogP contribution is 2.44. The van der Waals surface area contributed by atoms with Crippen molar-refractivity contribution in [1.29, 1.82) is 5.26 Å². The summed E-state index contributed by atoms with van der Waals surface area (Å²) >= 11 is 0. The Kier molecular flexibility index (Phi) is 5.47. The molecule has 1 saturated carbocycles. The largest absolute Gasteiger partial charge is 0.378 e. The van der Waals surface area contributed by atoms with Crippen molar-refractivity contribution in [3.05, 3.63) is 41.7 Å². The number of methoxy groups -OCH3 is 1. The van der Waals surface area contributed by atoms with Crippen molar-refractivity contribution in [2.45, 2.75) is 44.1 Å². The van der Waals surface area contributed by atoms with E-state index in [-0.39, 0.29) is 17.4 Å². The molecule has 0 spiro atoms. The number of nitriles is 1. The number of hydrogen-bond acceptors (Lipinski definition) is 4.